The van der Waals surface area contributed by atoms with Gasteiger partial charge in [-0.3, -0.25) is 0 Å². The maximum Gasteiger partial charge on any atom is 0.434 e. The number of carbonyl (C=O) groups excluding carboxylic acids is 3. The first-order valence-corrected chi connectivity index (χ1v) is 9.30. The number of hydrogen-bond donors (Lipinski definition) is 0. The molecule has 0 radical (unpaired) electrons. The zero-order valence-electron chi connectivity index (χ0n) is 17.7. The van der Waals surface area contributed by atoms with Crippen molar-refractivity contribution in [2.75, 3.05) is 6.54 Å². The van der Waals surface area contributed by atoms with Gasteiger partial charge in [0.2, 0.25) is 0 Å². The summed E-state index contributed by atoms with van der Waals surface area (Å²) >= 11 is 0. The van der Waals surface area contributed by atoms with Gasteiger partial charge in [-0.25, -0.2) is 19.4 Å². The Morgan fingerprint density at radius 1 is 0.931 bits per heavy atom. The van der Waals surface area contributed by atoms with Crippen LogP contribution in [0.25, 0.3) is 0 Å². The molecule has 0 N–H and O–H groups in total. The summed E-state index contributed by atoms with van der Waals surface area (Å²) in [7, 11) is 0. The molecule has 0 unspecified atom stereocenters. The fraction of sp³-hybridized carbons (Fsp3) is 0.476. The Hall–Kier alpha value is -3.03. The van der Waals surface area contributed by atoms with E-state index >= 15 is 0 Å². The van der Waals surface area contributed by atoms with E-state index < -0.39 is 29.4 Å². The number of hydrazine groups is 1. The Morgan fingerprint density at radius 2 is 1.48 bits per heavy atom. The van der Waals surface area contributed by atoms with Gasteiger partial charge in [-0.05, 0) is 47.1 Å². The summed E-state index contributed by atoms with van der Waals surface area (Å²) < 4.78 is 15.9. The number of benzene rings is 1. The molecule has 0 saturated carbocycles. The summed E-state index contributed by atoms with van der Waals surface area (Å²) in [5.74, 6) is -0.624. The van der Waals surface area contributed by atoms with E-state index in [1.165, 1.54) is 6.08 Å². The molecule has 1 aromatic carbocycles. The molecule has 8 nitrogen and oxygen atoms in total. The van der Waals surface area contributed by atoms with E-state index in [4.69, 9.17) is 14.2 Å². The van der Waals surface area contributed by atoms with Crippen molar-refractivity contribution in [3.05, 3.63) is 47.7 Å². The van der Waals surface area contributed by atoms with E-state index in [0.717, 1.165) is 15.6 Å². The lowest BCUT2D eigenvalue weighted by Crippen LogP contribution is -2.61. The third-order valence-corrected chi connectivity index (χ3v) is 3.50. The van der Waals surface area contributed by atoms with Crippen LogP contribution in [0.15, 0.2) is 42.1 Å². The van der Waals surface area contributed by atoms with E-state index in [1.807, 2.05) is 30.3 Å². The van der Waals surface area contributed by atoms with Crippen LogP contribution >= 0.6 is 0 Å². The zero-order valence-corrected chi connectivity index (χ0v) is 17.7. The van der Waals surface area contributed by atoms with Crippen molar-refractivity contribution >= 4 is 18.2 Å². The molecule has 1 aliphatic heterocycles. The Morgan fingerprint density at radius 3 is 2.03 bits per heavy atom. The smallest absolute Gasteiger partial charge is 0.434 e. The van der Waals surface area contributed by atoms with Crippen LogP contribution in [0.1, 0.15) is 47.1 Å². The maximum atomic E-state index is 12.6. The van der Waals surface area contributed by atoms with E-state index in [-0.39, 0.29) is 18.8 Å². The molecule has 1 aromatic rings. The summed E-state index contributed by atoms with van der Waals surface area (Å²) in [5.41, 5.74) is -0.383. The lowest BCUT2D eigenvalue weighted by Gasteiger charge is -2.45. The van der Waals surface area contributed by atoms with E-state index in [2.05, 4.69) is 0 Å². The van der Waals surface area contributed by atoms with Gasteiger partial charge in [-0.2, -0.15) is 5.01 Å². The number of esters is 1. The molecule has 1 aliphatic rings. The van der Waals surface area contributed by atoms with Crippen molar-refractivity contribution in [2.24, 2.45) is 0 Å². The Labute approximate surface area is 171 Å². The third kappa shape index (κ3) is 6.81. The second-order valence-electron chi connectivity index (χ2n) is 8.56. The Kier molecular flexibility index (Phi) is 6.56. The molecule has 2 rings (SSSR count). The summed E-state index contributed by atoms with van der Waals surface area (Å²) in [5, 5.41) is 2.07. The number of ether oxygens (including phenoxy) is 3. The number of rotatable bonds is 3. The second-order valence-corrected chi connectivity index (χ2v) is 8.56. The van der Waals surface area contributed by atoms with E-state index in [9.17, 15) is 14.4 Å². The van der Waals surface area contributed by atoms with Gasteiger partial charge in [0, 0.05) is 6.08 Å². The standard InChI is InChI=1S/C21H28N2O6/c1-20(2,3)28-18(25)22-13-16(23(22)19(26)29-21(4,5)6)12-17(24)27-14-15-10-8-7-9-11-15/h7-12H,13-14H2,1-6H3/b16-12+. The first kappa shape index (κ1) is 22.3. The van der Waals surface area contributed by atoms with Gasteiger partial charge < -0.3 is 14.2 Å². The van der Waals surface area contributed by atoms with Gasteiger partial charge in [0.05, 0.1) is 12.2 Å². The summed E-state index contributed by atoms with van der Waals surface area (Å²) in [4.78, 5) is 37.1. The molecular formula is C21H28N2O6. The predicted molar refractivity (Wildman–Crippen MR) is 105 cm³/mol. The normalized spacial score (nSPS) is 15.6. The number of amides is 2. The van der Waals surface area contributed by atoms with Crippen LogP contribution in [0.3, 0.4) is 0 Å². The molecular weight excluding hydrogens is 376 g/mol. The topological polar surface area (TPSA) is 85.4 Å². The molecule has 158 valence electrons. The number of carbonyl (C=O) groups is 3. The van der Waals surface area contributed by atoms with Gasteiger partial charge in [0.1, 0.15) is 17.8 Å². The van der Waals surface area contributed by atoms with Crippen LogP contribution in [0.2, 0.25) is 0 Å². The second kappa shape index (κ2) is 8.55. The Balaban J connectivity index is 2.10. The van der Waals surface area contributed by atoms with E-state index in [0.29, 0.717) is 0 Å². The lowest BCUT2D eigenvalue weighted by molar-refractivity contribution is -0.139. The largest absolute Gasteiger partial charge is 0.458 e. The molecule has 0 bridgehead atoms. The molecule has 0 aromatic heterocycles. The number of nitrogens with zero attached hydrogens (tertiary/aromatic N) is 2. The fourth-order valence-corrected chi connectivity index (χ4v) is 2.36. The van der Waals surface area contributed by atoms with E-state index in [1.54, 1.807) is 41.5 Å². The molecule has 1 fully saturated rings. The molecule has 2 amide bonds. The first-order chi connectivity index (χ1) is 13.4. The average Bonchev–Trinajstić information content (AvgIpc) is 2.53. The highest BCUT2D eigenvalue weighted by atomic mass is 16.6. The highest BCUT2D eigenvalue weighted by Gasteiger charge is 2.44. The van der Waals surface area contributed by atoms with Crippen LogP contribution in [-0.2, 0) is 25.6 Å². The van der Waals surface area contributed by atoms with Crippen LogP contribution < -0.4 is 0 Å². The van der Waals surface area contributed by atoms with Crippen molar-refractivity contribution in [3.8, 4) is 0 Å². The first-order valence-electron chi connectivity index (χ1n) is 9.30. The monoisotopic (exact) mass is 404 g/mol. The molecule has 1 heterocycles. The van der Waals surface area contributed by atoms with Crippen molar-refractivity contribution < 1.29 is 28.6 Å². The lowest BCUT2D eigenvalue weighted by atomic mass is 10.2. The summed E-state index contributed by atoms with van der Waals surface area (Å²) in [6.45, 7) is 10.4. The van der Waals surface area contributed by atoms with Gasteiger partial charge in [0.25, 0.3) is 0 Å². The van der Waals surface area contributed by atoms with Gasteiger partial charge >= 0.3 is 18.2 Å². The van der Waals surface area contributed by atoms with Crippen molar-refractivity contribution in [2.45, 2.75) is 59.4 Å². The minimum atomic E-state index is -0.781. The summed E-state index contributed by atoms with van der Waals surface area (Å²) in [6.07, 6.45) is -0.317. The van der Waals surface area contributed by atoms with Gasteiger partial charge in [-0.15, -0.1) is 0 Å². The van der Waals surface area contributed by atoms with Gasteiger partial charge in [-0.1, -0.05) is 30.3 Å². The molecule has 29 heavy (non-hydrogen) atoms. The van der Waals surface area contributed by atoms with Crippen LogP contribution in [0.5, 0.6) is 0 Å². The average molecular weight is 404 g/mol. The summed E-state index contributed by atoms with van der Waals surface area (Å²) in [6, 6.07) is 9.22. The predicted octanol–water partition coefficient (Wildman–Crippen LogP) is 4.02. The third-order valence-electron chi connectivity index (χ3n) is 3.50. The quantitative estimate of drug-likeness (QED) is 0.430. The van der Waals surface area contributed by atoms with Gasteiger partial charge in [0.15, 0.2) is 0 Å². The van der Waals surface area contributed by atoms with Crippen molar-refractivity contribution in [3.63, 3.8) is 0 Å². The highest BCUT2D eigenvalue weighted by molar-refractivity contribution is 5.86. The molecule has 1 saturated heterocycles. The van der Waals surface area contributed by atoms with Crippen molar-refractivity contribution in [1.82, 2.24) is 10.0 Å². The molecule has 8 heteroatoms. The minimum Gasteiger partial charge on any atom is -0.458 e. The molecule has 0 aliphatic carbocycles. The number of hydrogen-bond acceptors (Lipinski definition) is 6. The van der Waals surface area contributed by atoms with Crippen molar-refractivity contribution in [1.29, 1.82) is 0 Å². The van der Waals surface area contributed by atoms with Crippen LogP contribution in [0, 0.1) is 0 Å². The molecule has 0 spiro atoms. The van der Waals surface area contributed by atoms with Crippen LogP contribution in [-0.4, -0.2) is 45.9 Å². The minimum absolute atomic E-state index is 0.0224. The van der Waals surface area contributed by atoms with Crippen LogP contribution in [0.4, 0.5) is 9.59 Å². The highest BCUT2D eigenvalue weighted by Crippen LogP contribution is 2.27. The maximum absolute atomic E-state index is 12.6. The molecule has 0 atom stereocenters. The zero-order chi connectivity index (χ0) is 21.8. The SMILES string of the molecule is CC(C)(C)OC(=O)N1C/C(=C\C(=O)OCc2ccccc2)N1C(=O)OC(C)(C)C. The Bertz CT molecular complexity index is 790. The fourth-order valence-electron chi connectivity index (χ4n) is 2.36.